The molecule has 2 N–H and O–H groups in total. The van der Waals surface area contributed by atoms with Crippen molar-refractivity contribution in [1.29, 1.82) is 0 Å². The molecule has 0 atom stereocenters. The minimum absolute atomic E-state index is 0.0400. The topological polar surface area (TPSA) is 102 Å². The Balaban J connectivity index is 1.45. The Hall–Kier alpha value is -3.94. The van der Waals surface area contributed by atoms with E-state index in [-0.39, 0.29) is 18.1 Å². The van der Waals surface area contributed by atoms with Gasteiger partial charge in [-0.1, -0.05) is 42.5 Å². The van der Waals surface area contributed by atoms with Crippen molar-refractivity contribution in [1.82, 2.24) is 19.6 Å². The quantitative estimate of drug-likeness (QED) is 0.539. The number of carboxylic acid groups (broad SMARTS) is 1. The van der Waals surface area contributed by atoms with Crippen molar-refractivity contribution in [2.75, 3.05) is 5.32 Å². The van der Waals surface area contributed by atoms with Gasteiger partial charge in [-0.3, -0.25) is 9.48 Å². The Morgan fingerprint density at radius 2 is 1.86 bits per heavy atom. The normalized spacial score (nSPS) is 10.9. The average Bonchev–Trinajstić information content (AvgIpc) is 3.31. The number of benzene rings is 2. The summed E-state index contributed by atoms with van der Waals surface area (Å²) < 4.78 is 2.88. The number of rotatable bonds is 6. The molecule has 0 unspecified atom stereocenters. The highest BCUT2D eigenvalue weighted by atomic mass is 16.4. The zero-order chi connectivity index (χ0) is 19.5. The monoisotopic (exact) mass is 375 g/mol. The molecule has 4 aromatic rings. The van der Waals surface area contributed by atoms with Gasteiger partial charge in [0, 0.05) is 12.4 Å². The molecule has 0 saturated carbocycles. The van der Waals surface area contributed by atoms with Crippen LogP contribution in [0.25, 0.3) is 10.8 Å². The molecule has 0 aliphatic carbocycles. The van der Waals surface area contributed by atoms with Gasteiger partial charge in [-0.2, -0.15) is 10.2 Å². The summed E-state index contributed by atoms with van der Waals surface area (Å²) in [5, 5.41) is 22.3. The number of carbonyl (C=O) groups is 2. The van der Waals surface area contributed by atoms with Crippen molar-refractivity contribution >= 4 is 28.3 Å². The molecule has 0 aliphatic heterocycles. The lowest BCUT2D eigenvalue weighted by atomic mass is 10.0. The summed E-state index contributed by atoms with van der Waals surface area (Å²) in [6.07, 6.45) is 4.64. The second kappa shape index (κ2) is 7.36. The van der Waals surface area contributed by atoms with Crippen LogP contribution in [0.5, 0.6) is 0 Å². The molecule has 1 amide bonds. The van der Waals surface area contributed by atoms with Crippen LogP contribution in [0.4, 0.5) is 5.69 Å². The van der Waals surface area contributed by atoms with E-state index in [9.17, 15) is 9.59 Å². The molecule has 0 radical (unpaired) electrons. The average molecular weight is 375 g/mol. The smallest absolute Gasteiger partial charge is 0.354 e. The minimum Gasteiger partial charge on any atom is -0.477 e. The molecule has 0 saturated heterocycles. The molecule has 0 spiro atoms. The summed E-state index contributed by atoms with van der Waals surface area (Å²) >= 11 is 0. The number of carboxylic acids is 1. The summed E-state index contributed by atoms with van der Waals surface area (Å²) in [6, 6.07) is 15.6. The number of nitrogens with zero attached hydrogens (tertiary/aromatic N) is 4. The van der Waals surface area contributed by atoms with Crippen molar-refractivity contribution in [2.24, 2.45) is 0 Å². The van der Waals surface area contributed by atoms with Gasteiger partial charge in [-0.15, -0.1) is 0 Å². The lowest BCUT2D eigenvalue weighted by molar-refractivity contribution is -0.116. The number of aromatic nitrogens is 4. The van der Waals surface area contributed by atoms with Gasteiger partial charge in [-0.05, 0) is 22.4 Å². The number of anilines is 1. The Morgan fingerprint density at radius 1 is 1.04 bits per heavy atom. The van der Waals surface area contributed by atoms with Crippen LogP contribution in [0.3, 0.4) is 0 Å². The van der Waals surface area contributed by atoms with E-state index in [1.165, 1.54) is 12.3 Å². The Labute approximate surface area is 160 Å². The molecule has 4 rings (SSSR count). The SMILES string of the molecule is O=C(Cn1nccc1C(=O)O)Nc1cnn(Cc2cccc3ccccc23)c1. The molecular formula is C20H17N5O3. The van der Waals surface area contributed by atoms with Crippen molar-refractivity contribution in [3.63, 3.8) is 0 Å². The summed E-state index contributed by atoms with van der Waals surface area (Å²) in [6.45, 7) is 0.378. The molecule has 2 aromatic carbocycles. The maximum absolute atomic E-state index is 12.2. The summed E-state index contributed by atoms with van der Waals surface area (Å²) in [7, 11) is 0. The number of nitrogens with one attached hydrogen (secondary N) is 1. The molecule has 0 fully saturated rings. The third kappa shape index (κ3) is 3.61. The van der Waals surface area contributed by atoms with Gasteiger partial charge < -0.3 is 10.4 Å². The zero-order valence-electron chi connectivity index (χ0n) is 14.8. The molecule has 8 nitrogen and oxygen atoms in total. The van der Waals surface area contributed by atoms with E-state index < -0.39 is 5.97 Å². The summed E-state index contributed by atoms with van der Waals surface area (Å²) in [5.74, 6) is -1.51. The molecule has 28 heavy (non-hydrogen) atoms. The lowest BCUT2D eigenvalue weighted by Crippen LogP contribution is -2.22. The third-order valence-corrected chi connectivity index (χ3v) is 4.36. The minimum atomic E-state index is -1.13. The van der Waals surface area contributed by atoms with Gasteiger partial charge >= 0.3 is 5.97 Å². The van der Waals surface area contributed by atoms with Gasteiger partial charge in [0.05, 0.1) is 18.4 Å². The predicted octanol–water partition coefficient (Wildman–Crippen LogP) is 2.62. The molecule has 2 aromatic heterocycles. The van der Waals surface area contributed by atoms with E-state index in [4.69, 9.17) is 5.11 Å². The van der Waals surface area contributed by atoms with Gasteiger partial charge in [-0.25, -0.2) is 9.48 Å². The lowest BCUT2D eigenvalue weighted by Gasteiger charge is -2.07. The van der Waals surface area contributed by atoms with Crippen LogP contribution in [-0.2, 0) is 17.9 Å². The molecule has 0 aliphatic rings. The second-order valence-electron chi connectivity index (χ2n) is 6.29. The Morgan fingerprint density at radius 3 is 2.71 bits per heavy atom. The van der Waals surface area contributed by atoms with Crippen molar-refractivity contribution in [3.8, 4) is 0 Å². The molecule has 2 heterocycles. The maximum atomic E-state index is 12.2. The largest absolute Gasteiger partial charge is 0.477 e. The highest BCUT2D eigenvalue weighted by molar-refractivity contribution is 5.91. The Bertz CT molecular complexity index is 1160. The van der Waals surface area contributed by atoms with Crippen LogP contribution in [0.15, 0.2) is 67.1 Å². The van der Waals surface area contributed by atoms with Gasteiger partial charge in [0.25, 0.3) is 0 Å². The highest BCUT2D eigenvalue weighted by Crippen LogP contribution is 2.19. The summed E-state index contributed by atoms with van der Waals surface area (Å²) in [5.41, 5.74) is 1.62. The molecule has 8 heteroatoms. The molecule has 0 bridgehead atoms. The fraction of sp³-hybridized carbons (Fsp3) is 0.100. The first-order valence-electron chi connectivity index (χ1n) is 8.64. The van der Waals surface area contributed by atoms with Crippen molar-refractivity contribution < 1.29 is 14.7 Å². The van der Waals surface area contributed by atoms with Gasteiger partial charge in [0.1, 0.15) is 12.2 Å². The fourth-order valence-corrected chi connectivity index (χ4v) is 3.10. The van der Waals surface area contributed by atoms with Crippen LogP contribution >= 0.6 is 0 Å². The number of carbonyl (C=O) groups excluding carboxylic acids is 1. The number of amides is 1. The number of hydrogen-bond donors (Lipinski definition) is 2. The van der Waals surface area contributed by atoms with Crippen molar-refractivity contribution in [2.45, 2.75) is 13.1 Å². The highest BCUT2D eigenvalue weighted by Gasteiger charge is 2.13. The number of aromatic carboxylic acids is 1. The van der Waals surface area contributed by atoms with Crippen LogP contribution in [0.2, 0.25) is 0 Å². The first kappa shape index (κ1) is 17.5. The standard InChI is InChI=1S/C20H17N5O3/c26-19(13-25-18(20(27)28)8-9-21-25)23-16-10-22-24(12-16)11-15-6-3-5-14-4-1-2-7-17(14)15/h1-10,12H,11,13H2,(H,23,26)(H,27,28). The van der Waals surface area contributed by atoms with Crippen molar-refractivity contribution in [3.05, 3.63) is 78.4 Å². The van der Waals surface area contributed by atoms with Gasteiger partial charge in [0.15, 0.2) is 0 Å². The van der Waals surface area contributed by atoms with E-state index in [0.717, 1.165) is 21.0 Å². The fourth-order valence-electron chi connectivity index (χ4n) is 3.10. The van der Waals surface area contributed by atoms with E-state index in [2.05, 4.69) is 33.7 Å². The molecular weight excluding hydrogens is 358 g/mol. The number of hydrogen-bond acceptors (Lipinski definition) is 4. The van der Waals surface area contributed by atoms with E-state index in [1.807, 2.05) is 24.3 Å². The third-order valence-electron chi connectivity index (χ3n) is 4.36. The van der Waals surface area contributed by atoms with E-state index >= 15 is 0 Å². The predicted molar refractivity (Wildman–Crippen MR) is 103 cm³/mol. The van der Waals surface area contributed by atoms with Crippen LogP contribution in [0, 0.1) is 0 Å². The first-order valence-corrected chi connectivity index (χ1v) is 8.64. The zero-order valence-corrected chi connectivity index (χ0v) is 14.8. The van der Waals surface area contributed by atoms with Crippen LogP contribution < -0.4 is 5.32 Å². The number of fused-ring (bicyclic) bond motifs is 1. The maximum Gasteiger partial charge on any atom is 0.354 e. The van der Waals surface area contributed by atoms with E-state index in [1.54, 1.807) is 17.1 Å². The van der Waals surface area contributed by atoms with Gasteiger partial charge in [0.2, 0.25) is 5.91 Å². The van der Waals surface area contributed by atoms with Crippen LogP contribution in [0.1, 0.15) is 16.1 Å². The van der Waals surface area contributed by atoms with Crippen LogP contribution in [-0.4, -0.2) is 36.5 Å². The first-order chi connectivity index (χ1) is 13.6. The second-order valence-corrected chi connectivity index (χ2v) is 6.29. The molecule has 140 valence electrons. The van der Waals surface area contributed by atoms with E-state index in [0.29, 0.717) is 12.2 Å². The Kier molecular flexibility index (Phi) is 4.59. The summed E-state index contributed by atoms with van der Waals surface area (Å²) in [4.78, 5) is 23.3.